The van der Waals surface area contributed by atoms with Crippen molar-refractivity contribution in [2.75, 3.05) is 16.5 Å². The number of aromatic nitrogens is 2. The minimum absolute atomic E-state index is 0.412. The molecule has 0 saturated heterocycles. The van der Waals surface area contributed by atoms with Crippen LogP contribution < -0.4 is 15.4 Å². The number of azide groups is 1. The highest BCUT2D eigenvalue weighted by Crippen LogP contribution is 2.37. The van der Waals surface area contributed by atoms with E-state index in [-0.39, 0.29) is 0 Å². The van der Waals surface area contributed by atoms with Gasteiger partial charge in [0.2, 0.25) is 0 Å². The van der Waals surface area contributed by atoms with E-state index in [9.17, 15) is 0 Å². The van der Waals surface area contributed by atoms with Crippen LogP contribution in [0.15, 0.2) is 58.0 Å². The number of benzene rings is 2. The smallest absolute Gasteiger partial charge is 0.197 e. The molecular formula is C32H56N8Si2. The average molecular weight is 609 g/mol. The van der Waals surface area contributed by atoms with E-state index in [4.69, 9.17) is 10.2 Å². The molecule has 0 radical (unpaired) electrons. The Bertz CT molecular complexity index is 1330. The Balaban J connectivity index is 0.000000246. The van der Waals surface area contributed by atoms with Gasteiger partial charge in [0.15, 0.2) is 13.9 Å². The number of para-hydroxylation sites is 4. The van der Waals surface area contributed by atoms with Crippen LogP contribution in [0.2, 0.25) is 39.3 Å². The van der Waals surface area contributed by atoms with E-state index in [1.54, 1.807) is 0 Å². The molecule has 2 aromatic carbocycles. The molecule has 232 valence electrons. The Morgan fingerprint density at radius 1 is 0.619 bits per heavy atom. The lowest BCUT2D eigenvalue weighted by Crippen LogP contribution is -2.38. The van der Waals surface area contributed by atoms with Gasteiger partial charge in [0.25, 0.3) is 0 Å². The molecule has 1 aliphatic rings. The van der Waals surface area contributed by atoms with Crippen molar-refractivity contribution in [3.05, 3.63) is 64.6 Å². The largest absolute Gasteiger partial charge is 0.350 e. The highest BCUT2D eigenvalue weighted by Gasteiger charge is 2.28. The Morgan fingerprint density at radius 2 is 1.00 bits per heavy atom. The predicted molar refractivity (Wildman–Crippen MR) is 189 cm³/mol. The molecule has 0 aliphatic carbocycles. The molecule has 0 fully saturated rings. The summed E-state index contributed by atoms with van der Waals surface area (Å²) in [6.07, 6.45) is 0. The Kier molecular flexibility index (Phi) is 12.2. The SMILES string of the molecule is CC(C)N1CN(C(C)C)c2ccccc21.CC(C)n1c(=N[Si](C)(C)C)n(C(C)C)c2ccccc21.C[Si](C)(C)N=[N+]=[N-]. The lowest BCUT2D eigenvalue weighted by molar-refractivity contribution is 0.523. The number of hydrogen-bond donors (Lipinski definition) is 0. The van der Waals surface area contributed by atoms with Crippen LogP contribution in [0, 0.1) is 0 Å². The van der Waals surface area contributed by atoms with Crippen molar-refractivity contribution in [2.24, 2.45) is 9.44 Å². The molecule has 8 nitrogen and oxygen atoms in total. The molecule has 1 aromatic heterocycles. The second kappa shape index (κ2) is 14.5. The monoisotopic (exact) mass is 608 g/mol. The first-order valence-electron chi connectivity index (χ1n) is 15.4. The molecule has 0 bridgehead atoms. The fourth-order valence-electron chi connectivity index (χ4n) is 4.91. The van der Waals surface area contributed by atoms with E-state index in [0.29, 0.717) is 24.2 Å². The summed E-state index contributed by atoms with van der Waals surface area (Å²) in [6, 6.07) is 19.3. The van der Waals surface area contributed by atoms with Crippen LogP contribution in [0.5, 0.6) is 0 Å². The summed E-state index contributed by atoms with van der Waals surface area (Å²) < 4.78 is 13.5. The van der Waals surface area contributed by atoms with Crippen LogP contribution in [0.3, 0.4) is 0 Å². The highest BCUT2D eigenvalue weighted by atomic mass is 28.3. The molecule has 0 unspecified atom stereocenters. The topological polar surface area (TPSA) is 77.5 Å². The number of nitrogens with zero attached hydrogens (tertiary/aromatic N) is 8. The van der Waals surface area contributed by atoms with E-state index in [1.165, 1.54) is 22.4 Å². The van der Waals surface area contributed by atoms with Gasteiger partial charge in [-0.05, 0) is 110 Å². The maximum atomic E-state index is 7.89. The van der Waals surface area contributed by atoms with Gasteiger partial charge < -0.3 is 18.9 Å². The summed E-state index contributed by atoms with van der Waals surface area (Å²) in [4.78, 5) is 7.60. The fourth-order valence-corrected chi connectivity index (χ4v) is 6.00. The van der Waals surface area contributed by atoms with Gasteiger partial charge in [-0.2, -0.15) is 0 Å². The van der Waals surface area contributed by atoms with Gasteiger partial charge in [-0.25, -0.2) is 0 Å². The van der Waals surface area contributed by atoms with Crippen LogP contribution in [0.25, 0.3) is 21.5 Å². The zero-order chi connectivity index (χ0) is 32.0. The first-order chi connectivity index (χ1) is 19.4. The van der Waals surface area contributed by atoms with Crippen LogP contribution >= 0.6 is 0 Å². The third kappa shape index (κ3) is 9.28. The Hall–Kier alpha value is -2.95. The lowest BCUT2D eigenvalue weighted by Gasteiger charge is -2.27. The maximum absolute atomic E-state index is 7.89. The van der Waals surface area contributed by atoms with Crippen molar-refractivity contribution < 1.29 is 0 Å². The van der Waals surface area contributed by atoms with Crippen LogP contribution in [-0.4, -0.2) is 44.4 Å². The first-order valence-corrected chi connectivity index (χ1v) is 22.2. The molecule has 0 spiro atoms. The number of fused-ring (bicyclic) bond motifs is 2. The molecule has 0 amide bonds. The number of anilines is 2. The normalized spacial score (nSPS) is 13.2. The molecule has 1 aliphatic heterocycles. The molecule has 0 N–H and O–H groups in total. The van der Waals surface area contributed by atoms with Crippen molar-refractivity contribution in [3.63, 3.8) is 0 Å². The number of hydrogen-bond acceptors (Lipinski definition) is 4. The minimum Gasteiger partial charge on any atom is -0.350 e. The number of imidazole rings is 1. The minimum atomic E-state index is -1.53. The predicted octanol–water partition coefficient (Wildman–Crippen LogP) is 9.56. The third-order valence-corrected chi connectivity index (χ3v) is 8.26. The summed E-state index contributed by atoms with van der Waals surface area (Å²) >= 11 is 0. The second-order valence-corrected chi connectivity index (χ2v) is 23.2. The van der Waals surface area contributed by atoms with E-state index in [0.717, 1.165) is 12.3 Å². The van der Waals surface area contributed by atoms with E-state index < -0.39 is 16.5 Å². The average Bonchev–Trinajstić information content (AvgIpc) is 3.39. The maximum Gasteiger partial charge on any atom is 0.197 e. The molecular weight excluding hydrogens is 553 g/mol. The van der Waals surface area contributed by atoms with Gasteiger partial charge in [0.1, 0.15) is 8.24 Å². The summed E-state index contributed by atoms with van der Waals surface area (Å²) in [6.45, 7) is 31.8. The van der Waals surface area contributed by atoms with Crippen molar-refractivity contribution in [1.82, 2.24) is 9.13 Å². The summed E-state index contributed by atoms with van der Waals surface area (Å²) in [5, 5.41) is 0. The second-order valence-electron chi connectivity index (χ2n) is 14.1. The molecule has 10 heteroatoms. The summed E-state index contributed by atoms with van der Waals surface area (Å²) in [5.74, 6) is 0. The summed E-state index contributed by atoms with van der Waals surface area (Å²) in [7, 11) is -2.98. The van der Waals surface area contributed by atoms with Crippen LogP contribution in [0.1, 0.15) is 67.5 Å². The third-order valence-electron chi connectivity index (χ3n) is 6.70. The van der Waals surface area contributed by atoms with E-state index in [2.05, 4.69) is 152 Å². The zero-order valence-corrected chi connectivity index (χ0v) is 30.7. The standard InChI is InChI=1S/C16H27N3Si.C13H20N2.C3H9N3Si/c1-12(2)18-14-10-8-9-11-15(14)19(13(3)4)16(18)17-20(5,6)7;1-10(2)14-9-15(11(3)4)13-8-6-5-7-12(13)14;1-7(2,3)6-5-4/h8-13H,1-7H3;5-8,10-11H,9H2,1-4H3;1-3H3. The zero-order valence-electron chi connectivity index (χ0n) is 28.7. The molecule has 2 heterocycles. The van der Waals surface area contributed by atoms with Crippen molar-refractivity contribution in [3.8, 4) is 0 Å². The van der Waals surface area contributed by atoms with Gasteiger partial charge >= 0.3 is 0 Å². The van der Waals surface area contributed by atoms with E-state index >= 15 is 0 Å². The van der Waals surface area contributed by atoms with Gasteiger partial charge in [-0.1, -0.05) is 43.9 Å². The fraction of sp³-hybridized carbons (Fsp3) is 0.594. The van der Waals surface area contributed by atoms with Crippen LogP contribution in [0.4, 0.5) is 11.4 Å². The van der Waals surface area contributed by atoms with Crippen LogP contribution in [-0.2, 0) is 0 Å². The van der Waals surface area contributed by atoms with E-state index in [1.807, 2.05) is 19.6 Å². The van der Waals surface area contributed by atoms with Gasteiger partial charge in [-0.3, -0.25) is 4.66 Å². The van der Waals surface area contributed by atoms with Gasteiger partial charge in [-0.15, -0.1) is 4.78 Å². The van der Waals surface area contributed by atoms with Crippen molar-refractivity contribution in [2.45, 2.75) is 119 Å². The van der Waals surface area contributed by atoms with Gasteiger partial charge in [0.05, 0.1) is 29.1 Å². The van der Waals surface area contributed by atoms with Gasteiger partial charge in [0, 0.05) is 24.2 Å². The Morgan fingerprint density at radius 3 is 1.26 bits per heavy atom. The van der Waals surface area contributed by atoms with Crippen molar-refractivity contribution >= 4 is 38.9 Å². The summed E-state index contributed by atoms with van der Waals surface area (Å²) in [5.41, 5.74) is 14.4. The molecule has 3 aromatic rings. The molecule has 4 rings (SSSR count). The lowest BCUT2D eigenvalue weighted by atomic mass is 10.2. The molecule has 42 heavy (non-hydrogen) atoms. The first kappa shape index (κ1) is 35.3. The molecule has 0 atom stereocenters. The Labute approximate surface area is 256 Å². The quantitative estimate of drug-likeness (QED) is 0.121. The highest BCUT2D eigenvalue weighted by molar-refractivity contribution is 6.74. The number of rotatable bonds is 6. The molecule has 0 saturated carbocycles. The van der Waals surface area contributed by atoms with Crippen molar-refractivity contribution in [1.29, 1.82) is 0 Å².